The third kappa shape index (κ3) is 5.25. The van der Waals surface area contributed by atoms with Crippen LogP contribution < -0.4 is 14.8 Å². The van der Waals surface area contributed by atoms with Gasteiger partial charge in [0.1, 0.15) is 18.1 Å². The number of hydrogen-bond donors (Lipinski definition) is 1. The molecular weight excluding hydrogens is 362 g/mol. The van der Waals surface area contributed by atoms with Gasteiger partial charge in [0.2, 0.25) is 0 Å². The van der Waals surface area contributed by atoms with E-state index in [0.717, 1.165) is 11.3 Å². The van der Waals surface area contributed by atoms with Gasteiger partial charge in [-0.25, -0.2) is 0 Å². The number of carbonyl (C=O) groups is 1. The number of anilines is 1. The fraction of sp³-hybridized carbons (Fsp3) is 0.136. The molecule has 5 heteroatoms. The molecule has 0 aliphatic rings. The molecule has 0 aliphatic heterocycles. The monoisotopic (exact) mass is 381 g/mol. The molecule has 3 aromatic carbocycles. The van der Waals surface area contributed by atoms with Crippen LogP contribution in [0, 0.1) is 0 Å². The highest BCUT2D eigenvalue weighted by Crippen LogP contribution is 2.24. The Morgan fingerprint density at radius 2 is 1.78 bits per heavy atom. The second-order valence-electron chi connectivity index (χ2n) is 5.82. The third-order valence-electron chi connectivity index (χ3n) is 3.84. The van der Waals surface area contributed by atoms with Crippen LogP contribution in [-0.4, -0.2) is 12.5 Å². The molecule has 0 fully saturated rings. The normalized spacial score (nSPS) is 10.3. The Labute approximate surface area is 163 Å². The number of carbonyl (C=O) groups excluding carboxylic acids is 1. The number of nitrogens with one attached hydrogen (secondary N) is 1. The van der Waals surface area contributed by atoms with Gasteiger partial charge in [0, 0.05) is 21.8 Å². The molecule has 0 atom stereocenters. The van der Waals surface area contributed by atoms with Crippen molar-refractivity contribution in [1.82, 2.24) is 0 Å². The van der Waals surface area contributed by atoms with Crippen LogP contribution in [0.5, 0.6) is 11.5 Å². The summed E-state index contributed by atoms with van der Waals surface area (Å²) in [5.74, 6) is 1.16. The van der Waals surface area contributed by atoms with Crippen molar-refractivity contribution in [2.24, 2.45) is 0 Å². The summed E-state index contributed by atoms with van der Waals surface area (Å²) in [7, 11) is 0. The Kier molecular flexibility index (Phi) is 6.34. The van der Waals surface area contributed by atoms with Crippen LogP contribution in [0.4, 0.5) is 5.69 Å². The summed E-state index contributed by atoms with van der Waals surface area (Å²) in [4.78, 5) is 12.5. The lowest BCUT2D eigenvalue weighted by molar-refractivity contribution is 0.102. The van der Waals surface area contributed by atoms with Gasteiger partial charge in [-0.2, -0.15) is 0 Å². The molecule has 0 spiro atoms. The summed E-state index contributed by atoms with van der Waals surface area (Å²) < 4.78 is 11.5. The van der Waals surface area contributed by atoms with Crippen LogP contribution in [0.15, 0.2) is 72.8 Å². The van der Waals surface area contributed by atoms with Crippen molar-refractivity contribution in [2.45, 2.75) is 13.5 Å². The topological polar surface area (TPSA) is 47.6 Å². The van der Waals surface area contributed by atoms with Crippen molar-refractivity contribution in [3.8, 4) is 11.5 Å². The van der Waals surface area contributed by atoms with Gasteiger partial charge in [-0.1, -0.05) is 35.9 Å². The molecule has 0 bridgehead atoms. The number of para-hydroxylation sites is 1. The summed E-state index contributed by atoms with van der Waals surface area (Å²) in [6, 6.07) is 21.8. The number of halogens is 1. The van der Waals surface area contributed by atoms with Gasteiger partial charge < -0.3 is 14.8 Å². The van der Waals surface area contributed by atoms with Gasteiger partial charge in [-0.3, -0.25) is 4.79 Å². The zero-order valence-electron chi connectivity index (χ0n) is 14.9. The molecule has 1 amide bonds. The van der Waals surface area contributed by atoms with Gasteiger partial charge in [-0.15, -0.1) is 0 Å². The van der Waals surface area contributed by atoms with Crippen LogP contribution in [-0.2, 0) is 6.61 Å². The predicted molar refractivity (Wildman–Crippen MR) is 108 cm³/mol. The molecule has 0 saturated heterocycles. The minimum Gasteiger partial charge on any atom is -0.493 e. The SMILES string of the molecule is CCOc1ccc(C(=O)Nc2ccccc2)cc1COc1cccc(Cl)c1. The van der Waals surface area contributed by atoms with Gasteiger partial charge in [0.25, 0.3) is 5.91 Å². The molecule has 0 aromatic heterocycles. The highest BCUT2D eigenvalue weighted by Gasteiger charge is 2.12. The minimum atomic E-state index is -0.187. The van der Waals surface area contributed by atoms with E-state index in [9.17, 15) is 4.79 Å². The van der Waals surface area contributed by atoms with Crippen LogP contribution in [0.1, 0.15) is 22.8 Å². The van der Waals surface area contributed by atoms with Crippen molar-refractivity contribution in [1.29, 1.82) is 0 Å². The number of ether oxygens (including phenoxy) is 2. The molecule has 1 N–H and O–H groups in total. The first-order chi connectivity index (χ1) is 13.2. The van der Waals surface area contributed by atoms with Crippen molar-refractivity contribution in [3.63, 3.8) is 0 Å². The quantitative estimate of drug-likeness (QED) is 0.582. The van der Waals surface area contributed by atoms with Gasteiger partial charge in [0.15, 0.2) is 0 Å². The van der Waals surface area contributed by atoms with E-state index in [1.54, 1.807) is 30.3 Å². The second-order valence-corrected chi connectivity index (χ2v) is 6.26. The highest BCUT2D eigenvalue weighted by molar-refractivity contribution is 6.30. The first-order valence-corrected chi connectivity index (χ1v) is 9.04. The van der Waals surface area contributed by atoms with Crippen molar-refractivity contribution >= 4 is 23.2 Å². The second kappa shape index (κ2) is 9.10. The van der Waals surface area contributed by atoms with E-state index in [-0.39, 0.29) is 12.5 Å². The lowest BCUT2D eigenvalue weighted by Crippen LogP contribution is -2.13. The van der Waals surface area contributed by atoms with Crippen LogP contribution in [0.2, 0.25) is 5.02 Å². The van der Waals surface area contributed by atoms with Gasteiger partial charge in [0.05, 0.1) is 6.61 Å². The van der Waals surface area contributed by atoms with E-state index >= 15 is 0 Å². The average molecular weight is 382 g/mol. The molecule has 0 aliphatic carbocycles. The van der Waals surface area contributed by atoms with Gasteiger partial charge in [-0.05, 0) is 55.5 Å². The van der Waals surface area contributed by atoms with E-state index < -0.39 is 0 Å². The Bertz CT molecular complexity index is 912. The minimum absolute atomic E-state index is 0.187. The smallest absolute Gasteiger partial charge is 0.255 e. The number of hydrogen-bond acceptors (Lipinski definition) is 3. The lowest BCUT2D eigenvalue weighted by Gasteiger charge is -2.13. The van der Waals surface area contributed by atoms with Crippen molar-refractivity contribution in [2.75, 3.05) is 11.9 Å². The molecule has 138 valence electrons. The molecule has 3 aromatic rings. The van der Waals surface area contributed by atoms with Crippen molar-refractivity contribution in [3.05, 3.63) is 88.9 Å². The first kappa shape index (κ1) is 18.8. The zero-order chi connectivity index (χ0) is 19.1. The fourth-order valence-corrected chi connectivity index (χ4v) is 2.75. The highest BCUT2D eigenvalue weighted by atomic mass is 35.5. The molecule has 4 nitrogen and oxygen atoms in total. The van der Waals surface area contributed by atoms with E-state index in [1.807, 2.05) is 49.4 Å². The summed E-state index contributed by atoms with van der Waals surface area (Å²) in [5, 5.41) is 3.49. The van der Waals surface area contributed by atoms with E-state index in [2.05, 4.69) is 5.32 Å². The fourth-order valence-electron chi connectivity index (χ4n) is 2.57. The Hall–Kier alpha value is -2.98. The van der Waals surface area contributed by atoms with E-state index in [4.69, 9.17) is 21.1 Å². The van der Waals surface area contributed by atoms with Gasteiger partial charge >= 0.3 is 0 Å². The predicted octanol–water partition coefficient (Wildman–Crippen LogP) is 5.57. The maximum absolute atomic E-state index is 12.5. The molecule has 27 heavy (non-hydrogen) atoms. The van der Waals surface area contributed by atoms with E-state index in [1.165, 1.54) is 0 Å². The number of benzene rings is 3. The number of amides is 1. The molecule has 3 rings (SSSR count). The van der Waals surface area contributed by atoms with Crippen LogP contribution >= 0.6 is 11.6 Å². The van der Waals surface area contributed by atoms with Crippen LogP contribution in [0.25, 0.3) is 0 Å². The lowest BCUT2D eigenvalue weighted by atomic mass is 10.1. The summed E-state index contributed by atoms with van der Waals surface area (Å²) in [5.41, 5.74) is 2.07. The first-order valence-electron chi connectivity index (χ1n) is 8.66. The zero-order valence-corrected chi connectivity index (χ0v) is 15.7. The molecular formula is C22H20ClNO3. The Morgan fingerprint density at radius 1 is 0.963 bits per heavy atom. The van der Waals surface area contributed by atoms with E-state index in [0.29, 0.717) is 28.7 Å². The Morgan fingerprint density at radius 3 is 2.52 bits per heavy atom. The summed E-state index contributed by atoms with van der Waals surface area (Å²) in [6.45, 7) is 2.71. The van der Waals surface area contributed by atoms with Crippen LogP contribution in [0.3, 0.4) is 0 Å². The third-order valence-corrected chi connectivity index (χ3v) is 4.08. The summed E-state index contributed by atoms with van der Waals surface area (Å²) in [6.07, 6.45) is 0. The summed E-state index contributed by atoms with van der Waals surface area (Å²) >= 11 is 5.99. The maximum Gasteiger partial charge on any atom is 0.255 e. The largest absolute Gasteiger partial charge is 0.493 e. The average Bonchev–Trinajstić information content (AvgIpc) is 2.68. The van der Waals surface area contributed by atoms with Crippen molar-refractivity contribution < 1.29 is 14.3 Å². The molecule has 0 unspecified atom stereocenters. The molecule has 0 radical (unpaired) electrons. The maximum atomic E-state index is 12.5. The molecule has 0 heterocycles. The standard InChI is InChI=1S/C22H20ClNO3/c1-2-26-21-12-11-16(22(25)24-19-8-4-3-5-9-19)13-17(21)15-27-20-10-6-7-18(23)14-20/h3-14H,2,15H2,1H3,(H,24,25). The molecule has 0 saturated carbocycles. The number of rotatable bonds is 7. The Balaban J connectivity index is 1.78.